The second-order valence-electron chi connectivity index (χ2n) is 6.67. The van der Waals surface area contributed by atoms with Gasteiger partial charge in [0.1, 0.15) is 0 Å². The van der Waals surface area contributed by atoms with E-state index in [1.54, 1.807) is 0 Å². The highest BCUT2D eigenvalue weighted by Gasteiger charge is 2.34. The number of likely N-dealkylation sites (N-methyl/N-ethyl adjacent to an activating group) is 1. The molecule has 4 nitrogen and oxygen atoms in total. The molecule has 0 aliphatic rings. The molecule has 0 saturated heterocycles. The third-order valence-electron chi connectivity index (χ3n) is 3.36. The molecule has 3 N–H and O–H groups in total. The van der Waals surface area contributed by atoms with E-state index in [0.717, 1.165) is 13.0 Å². The van der Waals surface area contributed by atoms with Crippen molar-refractivity contribution < 1.29 is 4.79 Å². The molecule has 0 heterocycles. The van der Waals surface area contributed by atoms with E-state index in [1.807, 2.05) is 13.8 Å². The fourth-order valence-corrected chi connectivity index (χ4v) is 2.64. The van der Waals surface area contributed by atoms with E-state index in [2.05, 4.69) is 44.8 Å². The Balaban J connectivity index is 4.90. The SMILES string of the molecule is CCC(N)C(N(CC)CC(=O)NC(C)C)C(C)(C)C. The van der Waals surface area contributed by atoms with Crippen molar-refractivity contribution in [1.82, 2.24) is 10.2 Å². The fourth-order valence-electron chi connectivity index (χ4n) is 2.64. The standard InChI is InChI=1S/C15H33N3O/c1-8-12(16)14(15(5,6)7)18(9-2)10-13(19)17-11(3)4/h11-12,14H,8-10,16H2,1-7H3,(H,17,19). The van der Waals surface area contributed by atoms with Crippen LogP contribution in [-0.2, 0) is 4.79 Å². The van der Waals surface area contributed by atoms with Gasteiger partial charge in [-0.3, -0.25) is 9.69 Å². The van der Waals surface area contributed by atoms with Gasteiger partial charge in [-0.2, -0.15) is 0 Å². The number of rotatable bonds is 7. The van der Waals surface area contributed by atoms with Gasteiger partial charge in [-0.1, -0.05) is 34.6 Å². The van der Waals surface area contributed by atoms with Crippen LogP contribution in [0.5, 0.6) is 0 Å². The molecule has 2 atom stereocenters. The number of nitrogens with two attached hydrogens (primary N) is 1. The molecule has 0 saturated carbocycles. The quantitative estimate of drug-likeness (QED) is 0.744. The van der Waals surface area contributed by atoms with Gasteiger partial charge in [0.2, 0.25) is 5.91 Å². The molecule has 1 amide bonds. The monoisotopic (exact) mass is 271 g/mol. The van der Waals surface area contributed by atoms with Gasteiger partial charge in [-0.15, -0.1) is 0 Å². The van der Waals surface area contributed by atoms with Crippen LogP contribution in [0.2, 0.25) is 0 Å². The number of nitrogens with zero attached hydrogens (tertiary/aromatic N) is 1. The van der Waals surface area contributed by atoms with Crippen molar-refractivity contribution in [3.8, 4) is 0 Å². The number of carbonyl (C=O) groups excluding carboxylic acids is 1. The first-order valence-electron chi connectivity index (χ1n) is 7.42. The van der Waals surface area contributed by atoms with Crippen molar-refractivity contribution in [2.75, 3.05) is 13.1 Å². The fraction of sp³-hybridized carbons (Fsp3) is 0.933. The highest BCUT2D eigenvalue weighted by Crippen LogP contribution is 2.27. The van der Waals surface area contributed by atoms with Gasteiger partial charge in [0.25, 0.3) is 0 Å². The Morgan fingerprint density at radius 3 is 2.11 bits per heavy atom. The average molecular weight is 271 g/mol. The molecule has 0 spiro atoms. The van der Waals surface area contributed by atoms with Gasteiger partial charge >= 0.3 is 0 Å². The first kappa shape index (κ1) is 18.4. The molecule has 0 fully saturated rings. The molecular formula is C15H33N3O. The minimum Gasteiger partial charge on any atom is -0.353 e. The smallest absolute Gasteiger partial charge is 0.234 e. The minimum absolute atomic E-state index is 0.0591. The summed E-state index contributed by atoms with van der Waals surface area (Å²) >= 11 is 0. The molecule has 0 aromatic heterocycles. The molecule has 0 rings (SSSR count). The van der Waals surface area contributed by atoms with Crippen LogP contribution in [0.15, 0.2) is 0 Å². The maximum atomic E-state index is 12.0. The molecule has 0 radical (unpaired) electrons. The van der Waals surface area contributed by atoms with Gasteiger partial charge < -0.3 is 11.1 Å². The third-order valence-corrected chi connectivity index (χ3v) is 3.36. The lowest BCUT2D eigenvalue weighted by atomic mass is 9.80. The second-order valence-corrected chi connectivity index (χ2v) is 6.67. The minimum atomic E-state index is 0.0591. The summed E-state index contributed by atoms with van der Waals surface area (Å²) in [6, 6.07) is 0.478. The van der Waals surface area contributed by atoms with E-state index in [1.165, 1.54) is 0 Å². The average Bonchev–Trinajstić information content (AvgIpc) is 2.24. The van der Waals surface area contributed by atoms with Crippen LogP contribution >= 0.6 is 0 Å². The predicted octanol–water partition coefficient (Wildman–Crippen LogP) is 1.98. The van der Waals surface area contributed by atoms with Crippen molar-refractivity contribution in [2.24, 2.45) is 11.1 Å². The molecule has 19 heavy (non-hydrogen) atoms. The maximum Gasteiger partial charge on any atom is 0.234 e. The van der Waals surface area contributed by atoms with E-state index < -0.39 is 0 Å². The highest BCUT2D eigenvalue weighted by atomic mass is 16.2. The predicted molar refractivity (Wildman–Crippen MR) is 82.0 cm³/mol. The normalized spacial score (nSPS) is 15.7. The van der Waals surface area contributed by atoms with Crippen molar-refractivity contribution in [3.05, 3.63) is 0 Å². The summed E-state index contributed by atoms with van der Waals surface area (Å²) in [5, 5.41) is 2.95. The van der Waals surface area contributed by atoms with Gasteiger partial charge in [-0.25, -0.2) is 0 Å². The van der Waals surface area contributed by atoms with Crippen LogP contribution in [0.1, 0.15) is 54.9 Å². The Morgan fingerprint density at radius 1 is 1.26 bits per heavy atom. The van der Waals surface area contributed by atoms with E-state index >= 15 is 0 Å². The molecule has 114 valence electrons. The van der Waals surface area contributed by atoms with Gasteiger partial charge in [0.05, 0.1) is 6.54 Å². The van der Waals surface area contributed by atoms with E-state index in [0.29, 0.717) is 6.54 Å². The number of amides is 1. The number of carbonyl (C=O) groups is 1. The van der Waals surface area contributed by atoms with Crippen LogP contribution in [0.3, 0.4) is 0 Å². The van der Waals surface area contributed by atoms with Crippen LogP contribution in [0, 0.1) is 5.41 Å². The first-order chi connectivity index (χ1) is 8.63. The van der Waals surface area contributed by atoms with Crippen LogP contribution < -0.4 is 11.1 Å². The van der Waals surface area contributed by atoms with Crippen molar-refractivity contribution in [3.63, 3.8) is 0 Å². The zero-order valence-corrected chi connectivity index (χ0v) is 13.8. The Kier molecular flexibility index (Phi) is 7.60. The molecule has 0 aromatic rings. The Morgan fingerprint density at radius 2 is 1.79 bits per heavy atom. The molecule has 0 aliphatic heterocycles. The third kappa shape index (κ3) is 6.39. The second kappa shape index (κ2) is 7.85. The zero-order valence-electron chi connectivity index (χ0n) is 13.8. The largest absolute Gasteiger partial charge is 0.353 e. The number of hydrogen-bond donors (Lipinski definition) is 2. The number of hydrogen-bond acceptors (Lipinski definition) is 3. The van der Waals surface area contributed by atoms with E-state index in [9.17, 15) is 4.79 Å². The van der Waals surface area contributed by atoms with Crippen LogP contribution in [0.25, 0.3) is 0 Å². The summed E-state index contributed by atoms with van der Waals surface area (Å²) in [6.45, 7) is 16.0. The highest BCUT2D eigenvalue weighted by molar-refractivity contribution is 5.78. The molecule has 0 aromatic carbocycles. The van der Waals surface area contributed by atoms with E-state index in [4.69, 9.17) is 5.73 Å². The molecule has 0 aliphatic carbocycles. The van der Waals surface area contributed by atoms with Crippen molar-refractivity contribution >= 4 is 5.91 Å². The van der Waals surface area contributed by atoms with Crippen molar-refractivity contribution in [2.45, 2.75) is 73.0 Å². The van der Waals surface area contributed by atoms with Gasteiger partial charge in [0.15, 0.2) is 0 Å². The summed E-state index contributed by atoms with van der Waals surface area (Å²) in [5.41, 5.74) is 6.34. The number of nitrogens with one attached hydrogen (secondary N) is 1. The van der Waals surface area contributed by atoms with Crippen molar-refractivity contribution in [1.29, 1.82) is 0 Å². The molecule has 4 heteroatoms. The maximum absolute atomic E-state index is 12.0. The van der Waals surface area contributed by atoms with Gasteiger partial charge in [-0.05, 0) is 32.2 Å². The van der Waals surface area contributed by atoms with E-state index in [-0.39, 0.29) is 29.4 Å². The lowest BCUT2D eigenvalue weighted by Crippen LogP contribution is -2.56. The summed E-state index contributed by atoms with van der Waals surface area (Å²) in [5.74, 6) is 0.0782. The zero-order chi connectivity index (χ0) is 15.2. The Labute approximate surface area is 119 Å². The Bertz CT molecular complexity index is 271. The summed E-state index contributed by atoms with van der Waals surface area (Å²) in [7, 11) is 0. The van der Waals surface area contributed by atoms with Gasteiger partial charge in [0, 0.05) is 18.1 Å². The summed E-state index contributed by atoms with van der Waals surface area (Å²) in [6.07, 6.45) is 0.921. The molecule has 2 unspecified atom stereocenters. The summed E-state index contributed by atoms with van der Waals surface area (Å²) in [4.78, 5) is 14.2. The van der Waals surface area contributed by atoms with Crippen LogP contribution in [0.4, 0.5) is 0 Å². The Hall–Kier alpha value is -0.610. The van der Waals surface area contributed by atoms with Crippen LogP contribution in [-0.4, -0.2) is 42.0 Å². The topological polar surface area (TPSA) is 58.4 Å². The molecule has 0 bridgehead atoms. The lowest BCUT2D eigenvalue weighted by molar-refractivity contribution is -0.124. The lowest BCUT2D eigenvalue weighted by Gasteiger charge is -2.42. The summed E-state index contributed by atoms with van der Waals surface area (Å²) < 4.78 is 0. The molecular weight excluding hydrogens is 238 g/mol. The first-order valence-corrected chi connectivity index (χ1v) is 7.42.